The monoisotopic (exact) mass is 364 g/mol. The Bertz CT molecular complexity index is 634. The van der Waals surface area contributed by atoms with E-state index in [0.29, 0.717) is 36.8 Å². The molecule has 0 radical (unpaired) electrons. The fraction of sp³-hybridized carbons (Fsp3) is 0.579. The molecule has 144 valence electrons. The van der Waals surface area contributed by atoms with Crippen LogP contribution in [-0.4, -0.2) is 73.2 Å². The minimum absolute atomic E-state index is 0.0225. The molecule has 0 bridgehead atoms. The Labute approximate surface area is 154 Å². The highest BCUT2D eigenvalue weighted by atomic mass is 16.5. The maximum atomic E-state index is 12.9. The van der Waals surface area contributed by atoms with Crippen LogP contribution in [0, 0.1) is 0 Å². The van der Waals surface area contributed by atoms with Crippen molar-refractivity contribution in [1.29, 1.82) is 0 Å². The van der Waals surface area contributed by atoms with Crippen LogP contribution in [0.2, 0.25) is 0 Å². The van der Waals surface area contributed by atoms with Crippen LogP contribution >= 0.6 is 0 Å². The molecule has 1 aliphatic rings. The van der Waals surface area contributed by atoms with Crippen LogP contribution in [0.3, 0.4) is 0 Å². The third kappa shape index (κ3) is 5.11. The van der Waals surface area contributed by atoms with Crippen molar-refractivity contribution in [3.63, 3.8) is 0 Å². The topological polar surface area (TPSA) is 79.3 Å². The molecular weight excluding hydrogens is 336 g/mol. The maximum absolute atomic E-state index is 12.9. The molecule has 1 heterocycles. The van der Waals surface area contributed by atoms with Crippen LogP contribution in [0.25, 0.3) is 0 Å². The van der Waals surface area contributed by atoms with Gasteiger partial charge in [-0.25, -0.2) is 0 Å². The molecule has 1 atom stereocenters. The molecule has 1 aromatic rings. The summed E-state index contributed by atoms with van der Waals surface area (Å²) < 4.78 is 10.8. The van der Waals surface area contributed by atoms with Gasteiger partial charge in [0.25, 0.3) is 5.91 Å². The van der Waals surface area contributed by atoms with E-state index in [1.54, 1.807) is 25.3 Å². The molecule has 0 aromatic heterocycles. The van der Waals surface area contributed by atoms with Crippen molar-refractivity contribution in [3.8, 4) is 11.5 Å². The predicted octanol–water partition coefficient (Wildman–Crippen LogP) is 2.10. The number of nitrogens with zero attached hydrogens (tertiary/aromatic N) is 2. The van der Waals surface area contributed by atoms with Gasteiger partial charge in [0.15, 0.2) is 11.5 Å². The summed E-state index contributed by atoms with van der Waals surface area (Å²) in [5, 5.41) is 8.96. The van der Waals surface area contributed by atoms with Crippen molar-refractivity contribution in [1.82, 2.24) is 9.80 Å². The van der Waals surface area contributed by atoms with E-state index in [0.717, 1.165) is 19.3 Å². The van der Waals surface area contributed by atoms with Crippen LogP contribution in [0.4, 0.5) is 0 Å². The summed E-state index contributed by atoms with van der Waals surface area (Å²) >= 11 is 0. The minimum Gasteiger partial charge on any atom is -0.493 e. The third-order valence-corrected chi connectivity index (χ3v) is 4.70. The number of carbonyl (C=O) groups excluding carboxylic acids is 1. The number of methoxy groups -OCH3 is 1. The lowest BCUT2D eigenvalue weighted by molar-refractivity contribution is -0.138. The van der Waals surface area contributed by atoms with Crippen LogP contribution in [-0.2, 0) is 4.79 Å². The van der Waals surface area contributed by atoms with Crippen molar-refractivity contribution in [2.24, 2.45) is 0 Å². The van der Waals surface area contributed by atoms with Gasteiger partial charge < -0.3 is 19.5 Å². The molecule has 0 aliphatic carbocycles. The van der Waals surface area contributed by atoms with E-state index in [1.165, 1.54) is 0 Å². The Morgan fingerprint density at radius 3 is 2.69 bits per heavy atom. The molecule has 1 aliphatic heterocycles. The first kappa shape index (κ1) is 20.0. The number of likely N-dealkylation sites (tertiary alicyclic amines) is 1. The van der Waals surface area contributed by atoms with Gasteiger partial charge in [-0.2, -0.15) is 0 Å². The lowest BCUT2D eigenvalue weighted by Gasteiger charge is -2.25. The zero-order valence-electron chi connectivity index (χ0n) is 15.7. The van der Waals surface area contributed by atoms with E-state index < -0.39 is 5.97 Å². The SMILES string of the molecule is CCOc1ccc(C(=O)N2CCCC(N(C)CC(=O)O)CC2)cc1OC. The van der Waals surface area contributed by atoms with Gasteiger partial charge in [-0.1, -0.05) is 0 Å². The third-order valence-electron chi connectivity index (χ3n) is 4.70. The molecule has 26 heavy (non-hydrogen) atoms. The van der Waals surface area contributed by atoms with E-state index >= 15 is 0 Å². The first-order valence-corrected chi connectivity index (χ1v) is 8.98. The lowest BCUT2D eigenvalue weighted by atomic mass is 10.1. The summed E-state index contributed by atoms with van der Waals surface area (Å²) in [6, 6.07) is 5.41. The van der Waals surface area contributed by atoms with E-state index in [4.69, 9.17) is 14.6 Å². The highest BCUT2D eigenvalue weighted by Crippen LogP contribution is 2.29. The van der Waals surface area contributed by atoms with E-state index in [-0.39, 0.29) is 18.5 Å². The van der Waals surface area contributed by atoms with Crippen molar-refractivity contribution >= 4 is 11.9 Å². The van der Waals surface area contributed by atoms with Gasteiger partial charge in [-0.3, -0.25) is 14.5 Å². The molecule has 1 fully saturated rings. The quantitative estimate of drug-likeness (QED) is 0.798. The average molecular weight is 364 g/mol. The molecule has 0 saturated carbocycles. The summed E-state index contributed by atoms with van der Waals surface area (Å²) in [6.07, 6.45) is 2.51. The van der Waals surface area contributed by atoms with Crippen LogP contribution in [0.15, 0.2) is 18.2 Å². The summed E-state index contributed by atoms with van der Waals surface area (Å²) in [7, 11) is 3.38. The van der Waals surface area contributed by atoms with Crippen molar-refractivity contribution in [2.45, 2.75) is 32.2 Å². The van der Waals surface area contributed by atoms with Crippen molar-refractivity contribution in [3.05, 3.63) is 23.8 Å². The van der Waals surface area contributed by atoms with E-state index in [2.05, 4.69) is 0 Å². The summed E-state index contributed by atoms with van der Waals surface area (Å²) in [5.74, 6) is 0.309. The summed E-state index contributed by atoms with van der Waals surface area (Å²) in [6.45, 7) is 3.73. The molecule has 1 N–H and O–H groups in total. The van der Waals surface area contributed by atoms with Gasteiger partial charge in [0.1, 0.15) is 0 Å². The zero-order chi connectivity index (χ0) is 19.1. The molecule has 0 spiro atoms. The van der Waals surface area contributed by atoms with E-state index in [1.807, 2.05) is 23.8 Å². The average Bonchev–Trinajstić information content (AvgIpc) is 2.87. The largest absolute Gasteiger partial charge is 0.493 e. The predicted molar refractivity (Wildman–Crippen MR) is 98.0 cm³/mol. The molecule has 7 heteroatoms. The number of carbonyl (C=O) groups is 2. The van der Waals surface area contributed by atoms with Gasteiger partial charge in [0, 0.05) is 24.7 Å². The Kier molecular flexibility index (Phi) is 7.26. The number of likely N-dealkylation sites (N-methyl/N-ethyl adjacent to an activating group) is 1. The maximum Gasteiger partial charge on any atom is 0.317 e. The van der Waals surface area contributed by atoms with Crippen LogP contribution < -0.4 is 9.47 Å². The molecule has 2 rings (SSSR count). The zero-order valence-corrected chi connectivity index (χ0v) is 15.7. The fourth-order valence-electron chi connectivity index (χ4n) is 3.32. The van der Waals surface area contributed by atoms with Gasteiger partial charge in [-0.05, 0) is 51.4 Å². The van der Waals surface area contributed by atoms with Crippen molar-refractivity contribution in [2.75, 3.05) is 40.4 Å². The molecule has 7 nitrogen and oxygen atoms in total. The van der Waals surface area contributed by atoms with Gasteiger partial charge in [-0.15, -0.1) is 0 Å². The van der Waals surface area contributed by atoms with Crippen molar-refractivity contribution < 1.29 is 24.2 Å². The lowest BCUT2D eigenvalue weighted by Crippen LogP contribution is -2.37. The Morgan fingerprint density at radius 2 is 2.04 bits per heavy atom. The van der Waals surface area contributed by atoms with Crippen LogP contribution in [0.5, 0.6) is 11.5 Å². The Balaban J connectivity index is 2.04. The standard InChI is InChI=1S/C19H28N2O5/c1-4-26-16-8-7-14(12-17(16)25-3)19(24)21-10-5-6-15(9-11-21)20(2)13-18(22)23/h7-8,12,15H,4-6,9-11,13H2,1-3H3,(H,22,23). The number of hydrogen-bond acceptors (Lipinski definition) is 5. The number of carboxylic acid groups (broad SMARTS) is 1. The highest BCUT2D eigenvalue weighted by molar-refractivity contribution is 5.95. The van der Waals surface area contributed by atoms with Gasteiger partial charge >= 0.3 is 5.97 Å². The second-order valence-corrected chi connectivity index (χ2v) is 6.48. The summed E-state index contributed by atoms with van der Waals surface area (Å²) in [4.78, 5) is 27.5. The molecular formula is C19H28N2O5. The number of ether oxygens (including phenoxy) is 2. The van der Waals surface area contributed by atoms with Crippen LogP contribution in [0.1, 0.15) is 36.5 Å². The number of benzene rings is 1. The van der Waals surface area contributed by atoms with E-state index in [9.17, 15) is 9.59 Å². The molecule has 1 amide bonds. The first-order chi connectivity index (χ1) is 12.5. The second-order valence-electron chi connectivity index (χ2n) is 6.48. The number of rotatable bonds is 7. The fourth-order valence-corrected chi connectivity index (χ4v) is 3.32. The van der Waals surface area contributed by atoms with Gasteiger partial charge in [0.2, 0.25) is 0 Å². The Hall–Kier alpha value is -2.28. The highest BCUT2D eigenvalue weighted by Gasteiger charge is 2.25. The number of hydrogen-bond donors (Lipinski definition) is 1. The number of aliphatic carboxylic acids is 1. The normalized spacial score (nSPS) is 17.7. The first-order valence-electron chi connectivity index (χ1n) is 8.98. The number of carboxylic acids is 1. The van der Waals surface area contributed by atoms with Gasteiger partial charge in [0.05, 0.1) is 20.3 Å². The summed E-state index contributed by atoms with van der Waals surface area (Å²) in [5.41, 5.74) is 0.572. The minimum atomic E-state index is -0.828. The smallest absolute Gasteiger partial charge is 0.317 e. The molecule has 1 saturated heterocycles. The molecule has 1 unspecified atom stereocenters. The second kappa shape index (κ2) is 9.43. The Morgan fingerprint density at radius 1 is 1.27 bits per heavy atom. The number of amides is 1. The molecule has 1 aromatic carbocycles.